The molecule has 0 saturated heterocycles. The van der Waals surface area contributed by atoms with Crippen molar-refractivity contribution in [3.05, 3.63) is 0 Å². The van der Waals surface area contributed by atoms with Gasteiger partial charge in [-0.05, 0) is 6.42 Å². The molecule has 0 fully saturated rings. The standard InChI is InChI=1S/C18H37BO8/c1-2-3-4-5-6-7-8-9-10-11-16(23)18(27-19(24)25)17(13-21)26-14-15(22)12-20/h15,17-18,20-22,24-25H,2-14H2,1H3. The third kappa shape index (κ3) is 14.2. The fourth-order valence-corrected chi connectivity index (χ4v) is 2.78. The Bertz CT molecular complexity index is 356. The Morgan fingerprint density at radius 1 is 0.926 bits per heavy atom. The van der Waals surface area contributed by atoms with Crippen molar-refractivity contribution < 1.29 is 39.6 Å². The van der Waals surface area contributed by atoms with Crippen molar-refractivity contribution in [2.45, 2.75) is 89.4 Å². The number of aliphatic hydroxyl groups is 3. The molecule has 0 aromatic carbocycles. The predicted octanol–water partition coefficient (Wildman–Crippen LogP) is 0.562. The molecule has 3 atom stereocenters. The molecule has 0 aliphatic heterocycles. The first-order valence-electron chi connectivity index (χ1n) is 10.0. The summed E-state index contributed by atoms with van der Waals surface area (Å²) in [7, 11) is -2.18. The Hall–Kier alpha value is -0.545. The highest BCUT2D eigenvalue weighted by Crippen LogP contribution is 2.14. The van der Waals surface area contributed by atoms with E-state index in [0.29, 0.717) is 6.42 Å². The largest absolute Gasteiger partial charge is 0.634 e. The smallest absolute Gasteiger partial charge is 0.402 e. The van der Waals surface area contributed by atoms with Crippen LogP contribution >= 0.6 is 0 Å². The summed E-state index contributed by atoms with van der Waals surface area (Å²) in [6.45, 7) is 0.747. The Balaban J connectivity index is 4.24. The maximum absolute atomic E-state index is 12.4. The van der Waals surface area contributed by atoms with Crippen LogP contribution in [0, 0.1) is 0 Å². The minimum Gasteiger partial charge on any atom is -0.402 e. The first-order valence-corrected chi connectivity index (χ1v) is 10.0. The number of hydrogen-bond acceptors (Lipinski definition) is 8. The number of carbonyl (C=O) groups is 1. The van der Waals surface area contributed by atoms with Gasteiger partial charge in [0.05, 0.1) is 19.8 Å². The van der Waals surface area contributed by atoms with Gasteiger partial charge in [-0.1, -0.05) is 58.3 Å². The fraction of sp³-hybridized carbons (Fsp3) is 0.944. The van der Waals surface area contributed by atoms with E-state index in [1.54, 1.807) is 0 Å². The second-order valence-corrected chi connectivity index (χ2v) is 6.82. The SMILES string of the molecule is CCCCCCCCCCCC(=O)C(OB(O)O)C(CO)OCC(O)CO. The van der Waals surface area contributed by atoms with Crippen molar-refractivity contribution in [3.63, 3.8) is 0 Å². The molecule has 0 spiro atoms. The zero-order valence-corrected chi connectivity index (χ0v) is 16.5. The molecule has 0 aromatic rings. The summed E-state index contributed by atoms with van der Waals surface area (Å²) in [5.41, 5.74) is 0. The van der Waals surface area contributed by atoms with Gasteiger partial charge in [0, 0.05) is 6.42 Å². The summed E-state index contributed by atoms with van der Waals surface area (Å²) in [6.07, 6.45) is 6.43. The molecule has 0 aromatic heterocycles. The summed E-state index contributed by atoms with van der Waals surface area (Å²) in [5, 5.41) is 45.6. The van der Waals surface area contributed by atoms with Crippen molar-refractivity contribution in [3.8, 4) is 0 Å². The molecule has 9 heteroatoms. The normalized spacial score (nSPS) is 14.7. The van der Waals surface area contributed by atoms with Crippen molar-refractivity contribution in [1.29, 1.82) is 0 Å². The van der Waals surface area contributed by atoms with Gasteiger partial charge in [-0.2, -0.15) is 0 Å². The molecule has 0 amide bonds. The molecule has 27 heavy (non-hydrogen) atoms. The van der Waals surface area contributed by atoms with E-state index < -0.39 is 44.6 Å². The van der Waals surface area contributed by atoms with E-state index in [4.69, 9.17) is 24.5 Å². The minimum atomic E-state index is -2.18. The lowest BCUT2D eigenvalue weighted by Gasteiger charge is -2.26. The molecular formula is C18H37BO8. The van der Waals surface area contributed by atoms with E-state index in [-0.39, 0.29) is 13.0 Å². The summed E-state index contributed by atoms with van der Waals surface area (Å²) in [6, 6.07) is 0. The summed E-state index contributed by atoms with van der Waals surface area (Å²) < 4.78 is 9.99. The summed E-state index contributed by atoms with van der Waals surface area (Å²) in [5.74, 6) is -0.399. The second-order valence-electron chi connectivity index (χ2n) is 6.82. The van der Waals surface area contributed by atoms with E-state index in [1.807, 2.05) is 0 Å². The first kappa shape index (κ1) is 26.5. The van der Waals surface area contributed by atoms with Crippen LogP contribution in [0.1, 0.15) is 71.1 Å². The van der Waals surface area contributed by atoms with Gasteiger partial charge >= 0.3 is 7.32 Å². The maximum Gasteiger partial charge on any atom is 0.634 e. The molecule has 0 heterocycles. The number of Topliss-reactive ketones (excluding diaryl/α,β-unsaturated/α-hetero) is 1. The van der Waals surface area contributed by atoms with E-state index in [2.05, 4.69) is 6.92 Å². The lowest BCUT2D eigenvalue weighted by atomic mass is 10.0. The molecule has 5 N–H and O–H groups in total. The number of aliphatic hydroxyl groups excluding tert-OH is 3. The Morgan fingerprint density at radius 2 is 1.48 bits per heavy atom. The van der Waals surface area contributed by atoms with Gasteiger partial charge in [0.25, 0.3) is 0 Å². The van der Waals surface area contributed by atoms with Crippen LogP contribution < -0.4 is 0 Å². The van der Waals surface area contributed by atoms with Crippen LogP contribution in [0.15, 0.2) is 0 Å². The molecule has 0 aliphatic carbocycles. The van der Waals surface area contributed by atoms with Crippen LogP contribution in [0.4, 0.5) is 0 Å². The predicted molar refractivity (Wildman–Crippen MR) is 102 cm³/mol. The summed E-state index contributed by atoms with van der Waals surface area (Å²) in [4.78, 5) is 12.4. The Kier molecular flexibility index (Phi) is 17.2. The maximum atomic E-state index is 12.4. The Morgan fingerprint density at radius 3 is 1.96 bits per heavy atom. The van der Waals surface area contributed by atoms with Crippen molar-refractivity contribution in [2.75, 3.05) is 19.8 Å². The highest BCUT2D eigenvalue weighted by Gasteiger charge is 2.33. The van der Waals surface area contributed by atoms with Gasteiger partial charge in [0.2, 0.25) is 0 Å². The number of unbranched alkanes of at least 4 members (excludes halogenated alkanes) is 8. The molecule has 0 rings (SSSR count). The van der Waals surface area contributed by atoms with Crippen LogP contribution in [0.2, 0.25) is 0 Å². The van der Waals surface area contributed by atoms with Crippen LogP contribution in [-0.2, 0) is 14.2 Å². The second kappa shape index (κ2) is 17.5. The van der Waals surface area contributed by atoms with E-state index in [1.165, 1.54) is 32.1 Å². The van der Waals surface area contributed by atoms with Gasteiger partial charge in [-0.15, -0.1) is 0 Å². The molecule has 3 unspecified atom stereocenters. The average Bonchev–Trinajstić information content (AvgIpc) is 2.65. The van der Waals surface area contributed by atoms with Crippen LogP contribution in [-0.4, -0.2) is 76.6 Å². The van der Waals surface area contributed by atoms with Gasteiger partial charge in [-0.3, -0.25) is 4.79 Å². The quantitative estimate of drug-likeness (QED) is 0.159. The van der Waals surface area contributed by atoms with E-state index in [0.717, 1.165) is 19.3 Å². The van der Waals surface area contributed by atoms with Crippen LogP contribution in [0.3, 0.4) is 0 Å². The molecule has 0 aliphatic rings. The average molecular weight is 392 g/mol. The van der Waals surface area contributed by atoms with Crippen LogP contribution in [0.5, 0.6) is 0 Å². The van der Waals surface area contributed by atoms with E-state index in [9.17, 15) is 15.0 Å². The number of ether oxygens (including phenoxy) is 1. The van der Waals surface area contributed by atoms with Crippen LogP contribution in [0.25, 0.3) is 0 Å². The molecular weight excluding hydrogens is 355 g/mol. The molecule has 0 saturated carbocycles. The molecule has 160 valence electrons. The Labute approximate surface area is 162 Å². The third-order valence-electron chi connectivity index (χ3n) is 4.34. The molecule has 0 radical (unpaired) electrons. The monoisotopic (exact) mass is 392 g/mol. The lowest BCUT2D eigenvalue weighted by molar-refractivity contribution is -0.142. The number of rotatable bonds is 19. The number of ketones is 1. The van der Waals surface area contributed by atoms with Gasteiger partial charge in [0.15, 0.2) is 5.78 Å². The van der Waals surface area contributed by atoms with Gasteiger partial charge in [-0.25, -0.2) is 0 Å². The van der Waals surface area contributed by atoms with Gasteiger partial charge in [0.1, 0.15) is 18.3 Å². The molecule has 8 nitrogen and oxygen atoms in total. The zero-order chi connectivity index (χ0) is 20.5. The highest BCUT2D eigenvalue weighted by molar-refractivity contribution is 6.33. The number of hydrogen-bond donors (Lipinski definition) is 5. The number of carbonyl (C=O) groups excluding carboxylic acids is 1. The van der Waals surface area contributed by atoms with E-state index >= 15 is 0 Å². The minimum absolute atomic E-state index is 0.176. The van der Waals surface area contributed by atoms with Crippen molar-refractivity contribution in [2.24, 2.45) is 0 Å². The first-order chi connectivity index (χ1) is 13.0. The molecule has 0 bridgehead atoms. The topological polar surface area (TPSA) is 137 Å². The fourth-order valence-electron chi connectivity index (χ4n) is 2.78. The van der Waals surface area contributed by atoms with Crippen molar-refractivity contribution >= 4 is 13.1 Å². The highest BCUT2D eigenvalue weighted by atomic mass is 16.6. The zero-order valence-electron chi connectivity index (χ0n) is 16.5. The third-order valence-corrected chi connectivity index (χ3v) is 4.34. The lowest BCUT2D eigenvalue weighted by Crippen LogP contribution is -2.45. The summed E-state index contributed by atoms with van der Waals surface area (Å²) >= 11 is 0. The van der Waals surface area contributed by atoms with Crippen molar-refractivity contribution in [1.82, 2.24) is 0 Å². The van der Waals surface area contributed by atoms with Gasteiger partial charge < -0.3 is 34.8 Å².